The normalized spacial score (nSPS) is 22.9. The van der Waals surface area contributed by atoms with Gasteiger partial charge in [0.1, 0.15) is 17.3 Å². The number of hydrogen-bond donors (Lipinski definition) is 2. The summed E-state index contributed by atoms with van der Waals surface area (Å²) in [6, 6.07) is 8.57. The molecule has 1 aromatic heterocycles. The molecule has 2 atom stereocenters. The average molecular weight is 291 g/mol. The Morgan fingerprint density at radius 2 is 1.90 bits per heavy atom. The zero-order valence-electron chi connectivity index (χ0n) is 11.8. The average Bonchev–Trinajstić information content (AvgIpc) is 3.01. The Morgan fingerprint density at radius 1 is 1.19 bits per heavy atom. The van der Waals surface area contributed by atoms with Gasteiger partial charge in [-0.2, -0.15) is 0 Å². The molecular weight excluding hydrogens is 273 g/mol. The molecular formula is C16H18FNO3. The highest BCUT2D eigenvalue weighted by atomic mass is 19.1. The first kappa shape index (κ1) is 14.3. The van der Waals surface area contributed by atoms with Crippen LogP contribution < -0.4 is 0 Å². The molecule has 0 radical (unpaired) electrons. The Hall–Kier alpha value is -1.69. The van der Waals surface area contributed by atoms with Gasteiger partial charge in [0.2, 0.25) is 0 Å². The molecule has 0 saturated carbocycles. The van der Waals surface area contributed by atoms with Gasteiger partial charge in [0, 0.05) is 18.7 Å². The molecule has 4 nitrogen and oxygen atoms in total. The summed E-state index contributed by atoms with van der Waals surface area (Å²) < 4.78 is 19.3. The minimum absolute atomic E-state index is 0.253. The third-order valence-corrected chi connectivity index (χ3v) is 3.91. The quantitative estimate of drug-likeness (QED) is 0.907. The van der Waals surface area contributed by atoms with Crippen LogP contribution in [-0.4, -0.2) is 40.4 Å². The number of rotatable bonds is 3. The van der Waals surface area contributed by atoms with Crippen LogP contribution in [0.25, 0.3) is 11.3 Å². The molecule has 3 rings (SSSR count). The second-order valence-corrected chi connectivity index (χ2v) is 5.51. The topological polar surface area (TPSA) is 56.8 Å². The minimum Gasteiger partial charge on any atom is -0.460 e. The third kappa shape index (κ3) is 2.85. The Balaban J connectivity index is 1.76. The number of hydrogen-bond acceptors (Lipinski definition) is 4. The van der Waals surface area contributed by atoms with Crippen molar-refractivity contribution in [3.63, 3.8) is 0 Å². The fourth-order valence-corrected chi connectivity index (χ4v) is 2.68. The largest absolute Gasteiger partial charge is 0.460 e. The monoisotopic (exact) mass is 291 g/mol. The van der Waals surface area contributed by atoms with Crippen LogP contribution in [0.15, 0.2) is 34.7 Å². The van der Waals surface area contributed by atoms with Crippen LogP contribution in [0.2, 0.25) is 0 Å². The lowest BCUT2D eigenvalue weighted by atomic mass is 10.1. The van der Waals surface area contributed by atoms with Gasteiger partial charge in [-0.3, -0.25) is 4.90 Å². The molecule has 1 fully saturated rings. The summed E-state index contributed by atoms with van der Waals surface area (Å²) in [5.74, 6) is 1.11. The predicted octanol–water partition coefficient (Wildman–Crippen LogP) is 1.93. The Labute approximate surface area is 122 Å². The zero-order chi connectivity index (χ0) is 15.0. The molecule has 1 aliphatic rings. The number of aliphatic hydroxyl groups is 2. The first-order valence-corrected chi connectivity index (χ1v) is 6.97. The molecule has 0 bridgehead atoms. The summed E-state index contributed by atoms with van der Waals surface area (Å²) in [5, 5.41) is 19.1. The van der Waals surface area contributed by atoms with Crippen molar-refractivity contribution in [1.29, 1.82) is 0 Å². The molecule has 1 aliphatic heterocycles. The number of halogens is 1. The number of nitrogens with zero attached hydrogens (tertiary/aromatic N) is 1. The first-order chi connectivity index (χ1) is 10.0. The van der Waals surface area contributed by atoms with Gasteiger partial charge in [-0.05, 0) is 30.7 Å². The molecule has 21 heavy (non-hydrogen) atoms. The van der Waals surface area contributed by atoms with Crippen molar-refractivity contribution >= 4 is 0 Å². The summed E-state index contributed by atoms with van der Waals surface area (Å²) in [4.78, 5) is 1.93. The zero-order valence-corrected chi connectivity index (χ0v) is 11.8. The lowest BCUT2D eigenvalue weighted by Crippen LogP contribution is -2.22. The van der Waals surface area contributed by atoms with Crippen LogP contribution in [0.5, 0.6) is 0 Å². The smallest absolute Gasteiger partial charge is 0.134 e. The molecule has 0 unspecified atom stereocenters. The maximum absolute atomic E-state index is 13.6. The standard InChI is InChI=1S/C16H18FNO3/c1-10-12(3-2-4-13(10)17)16-6-5-11(21-16)7-18-8-14(19)15(20)9-18/h2-6,14-15,19-20H,7-9H2,1H3/t14-,15+. The van der Waals surface area contributed by atoms with Crippen molar-refractivity contribution < 1.29 is 19.0 Å². The highest BCUT2D eigenvalue weighted by Crippen LogP contribution is 2.27. The molecule has 112 valence electrons. The van der Waals surface area contributed by atoms with Crippen LogP contribution in [0, 0.1) is 12.7 Å². The van der Waals surface area contributed by atoms with Crippen LogP contribution >= 0.6 is 0 Å². The Bertz CT molecular complexity index is 630. The maximum Gasteiger partial charge on any atom is 0.134 e. The van der Waals surface area contributed by atoms with Gasteiger partial charge in [-0.15, -0.1) is 0 Å². The Kier molecular flexibility index (Phi) is 3.80. The van der Waals surface area contributed by atoms with E-state index >= 15 is 0 Å². The van der Waals surface area contributed by atoms with Crippen LogP contribution in [0.1, 0.15) is 11.3 Å². The van der Waals surface area contributed by atoms with Crippen molar-refractivity contribution in [1.82, 2.24) is 4.90 Å². The maximum atomic E-state index is 13.6. The molecule has 0 amide bonds. The predicted molar refractivity (Wildman–Crippen MR) is 76.1 cm³/mol. The number of likely N-dealkylation sites (tertiary alicyclic amines) is 1. The van der Waals surface area contributed by atoms with Gasteiger partial charge in [0.25, 0.3) is 0 Å². The summed E-state index contributed by atoms with van der Waals surface area (Å²) >= 11 is 0. The lowest BCUT2D eigenvalue weighted by molar-refractivity contribution is 0.0572. The highest BCUT2D eigenvalue weighted by molar-refractivity contribution is 5.62. The van der Waals surface area contributed by atoms with E-state index in [9.17, 15) is 14.6 Å². The molecule has 1 aromatic carbocycles. The third-order valence-electron chi connectivity index (χ3n) is 3.91. The summed E-state index contributed by atoms with van der Waals surface area (Å²) in [6.45, 7) is 3.09. The molecule has 5 heteroatoms. The van der Waals surface area contributed by atoms with Gasteiger partial charge in [-0.1, -0.05) is 12.1 Å². The number of β-amino-alcohol motifs (C(OH)–C–C–N with tert-alkyl or cyclic N) is 2. The van der Waals surface area contributed by atoms with E-state index in [0.29, 0.717) is 31.0 Å². The van der Waals surface area contributed by atoms with Crippen molar-refractivity contribution in [2.24, 2.45) is 0 Å². The molecule has 0 spiro atoms. The molecule has 1 saturated heterocycles. The molecule has 2 heterocycles. The van der Waals surface area contributed by atoms with Crippen molar-refractivity contribution in [2.75, 3.05) is 13.1 Å². The van der Waals surface area contributed by atoms with Gasteiger partial charge >= 0.3 is 0 Å². The van der Waals surface area contributed by atoms with E-state index < -0.39 is 12.2 Å². The van der Waals surface area contributed by atoms with Crippen LogP contribution in [-0.2, 0) is 6.54 Å². The number of furan rings is 1. The minimum atomic E-state index is -0.704. The second-order valence-electron chi connectivity index (χ2n) is 5.51. The van der Waals surface area contributed by atoms with E-state index in [-0.39, 0.29) is 5.82 Å². The van der Waals surface area contributed by atoms with Crippen LogP contribution in [0.4, 0.5) is 4.39 Å². The van der Waals surface area contributed by atoms with Gasteiger partial charge in [0.05, 0.1) is 18.8 Å². The lowest BCUT2D eigenvalue weighted by Gasteiger charge is -2.12. The summed E-state index contributed by atoms with van der Waals surface area (Å²) in [5.41, 5.74) is 1.30. The second kappa shape index (κ2) is 5.60. The fourth-order valence-electron chi connectivity index (χ4n) is 2.68. The highest BCUT2D eigenvalue weighted by Gasteiger charge is 2.29. The van der Waals surface area contributed by atoms with E-state index in [1.165, 1.54) is 6.07 Å². The van der Waals surface area contributed by atoms with Crippen molar-refractivity contribution in [2.45, 2.75) is 25.7 Å². The van der Waals surface area contributed by atoms with E-state index in [4.69, 9.17) is 4.42 Å². The van der Waals surface area contributed by atoms with Gasteiger partial charge in [0.15, 0.2) is 0 Å². The van der Waals surface area contributed by atoms with Gasteiger partial charge < -0.3 is 14.6 Å². The van der Waals surface area contributed by atoms with E-state index in [0.717, 1.165) is 11.3 Å². The van der Waals surface area contributed by atoms with E-state index in [2.05, 4.69) is 0 Å². The molecule has 2 N–H and O–H groups in total. The molecule has 0 aliphatic carbocycles. The van der Waals surface area contributed by atoms with E-state index in [1.807, 2.05) is 23.1 Å². The Morgan fingerprint density at radius 3 is 2.62 bits per heavy atom. The summed E-state index contributed by atoms with van der Waals surface area (Å²) in [6.07, 6.45) is -1.41. The van der Waals surface area contributed by atoms with Gasteiger partial charge in [-0.25, -0.2) is 4.39 Å². The number of aliphatic hydroxyl groups excluding tert-OH is 2. The molecule has 2 aromatic rings. The van der Waals surface area contributed by atoms with Crippen molar-refractivity contribution in [3.05, 3.63) is 47.5 Å². The SMILES string of the molecule is Cc1c(F)cccc1-c1ccc(CN2C[C@@H](O)[C@@H](O)C2)o1. The summed E-state index contributed by atoms with van der Waals surface area (Å²) in [7, 11) is 0. The fraction of sp³-hybridized carbons (Fsp3) is 0.375. The van der Waals surface area contributed by atoms with Crippen LogP contribution in [0.3, 0.4) is 0 Å². The number of benzene rings is 1. The first-order valence-electron chi connectivity index (χ1n) is 6.97. The van der Waals surface area contributed by atoms with Crippen molar-refractivity contribution in [3.8, 4) is 11.3 Å². The van der Waals surface area contributed by atoms with E-state index in [1.54, 1.807) is 13.0 Å².